The molecule has 0 spiro atoms. The van der Waals surface area contributed by atoms with Crippen LogP contribution < -0.4 is 10.6 Å². The minimum atomic E-state index is -0.439. The summed E-state index contributed by atoms with van der Waals surface area (Å²) in [4.78, 5) is 26.8. The van der Waals surface area contributed by atoms with Crippen LogP contribution in [0.15, 0.2) is 42.1 Å². The van der Waals surface area contributed by atoms with Crippen LogP contribution in [0.4, 0.5) is 5.00 Å². The van der Waals surface area contributed by atoms with Crippen LogP contribution in [-0.4, -0.2) is 32.3 Å². The van der Waals surface area contributed by atoms with Gasteiger partial charge in [0.2, 0.25) is 5.91 Å². The molecule has 4 rings (SSSR count). The molecule has 0 unspecified atom stereocenters. The van der Waals surface area contributed by atoms with Gasteiger partial charge in [0.05, 0.1) is 17.4 Å². The van der Waals surface area contributed by atoms with Gasteiger partial charge < -0.3 is 15.2 Å². The number of aromatic nitrogens is 3. The van der Waals surface area contributed by atoms with E-state index in [9.17, 15) is 14.9 Å². The fraction of sp³-hybridized carbons (Fsp3) is 0.414. The molecule has 1 aromatic carbocycles. The molecule has 210 valence electrons. The Morgan fingerprint density at radius 2 is 2.05 bits per heavy atom. The second-order valence-corrected chi connectivity index (χ2v) is 13.4. The average Bonchev–Trinajstić information content (AvgIpc) is 3.47. The second-order valence-electron chi connectivity index (χ2n) is 10.9. The molecule has 3 aromatic rings. The Bertz CT molecular complexity index is 1450. The maximum Gasteiger partial charge on any atom is 0.251 e. The lowest BCUT2D eigenvalue weighted by molar-refractivity contribution is -0.113. The lowest BCUT2D eigenvalue weighted by atomic mass is 9.72. The van der Waals surface area contributed by atoms with Gasteiger partial charge in [0.25, 0.3) is 5.91 Å². The molecule has 2 N–H and O–H groups in total. The summed E-state index contributed by atoms with van der Waals surface area (Å²) in [7, 11) is 0. The van der Waals surface area contributed by atoms with Crippen molar-refractivity contribution in [2.45, 2.75) is 64.7 Å². The van der Waals surface area contributed by atoms with Gasteiger partial charge in [-0.3, -0.25) is 9.59 Å². The Morgan fingerprint density at radius 3 is 2.70 bits per heavy atom. The van der Waals surface area contributed by atoms with Crippen molar-refractivity contribution in [1.82, 2.24) is 20.1 Å². The Balaban J connectivity index is 1.42. The van der Waals surface area contributed by atoms with Crippen LogP contribution in [0.2, 0.25) is 5.02 Å². The summed E-state index contributed by atoms with van der Waals surface area (Å²) < 4.78 is 1.83. The minimum Gasteiger partial charge on any atom is -0.342 e. The highest BCUT2D eigenvalue weighted by molar-refractivity contribution is 7.99. The van der Waals surface area contributed by atoms with Crippen molar-refractivity contribution in [3.8, 4) is 6.07 Å². The molecule has 0 aliphatic heterocycles. The highest BCUT2D eigenvalue weighted by Gasteiger charge is 2.32. The molecule has 2 heterocycles. The largest absolute Gasteiger partial charge is 0.342 e. The maximum atomic E-state index is 12.9. The number of hydrogen-bond acceptors (Lipinski definition) is 7. The lowest BCUT2D eigenvalue weighted by Gasteiger charge is -2.33. The van der Waals surface area contributed by atoms with E-state index in [0.717, 1.165) is 24.8 Å². The number of thioether (sulfide) groups is 1. The van der Waals surface area contributed by atoms with Crippen LogP contribution in [0.3, 0.4) is 0 Å². The number of fused-ring (bicyclic) bond motifs is 1. The van der Waals surface area contributed by atoms with Crippen molar-refractivity contribution in [2.75, 3.05) is 11.1 Å². The van der Waals surface area contributed by atoms with E-state index < -0.39 is 6.04 Å². The number of amides is 2. The van der Waals surface area contributed by atoms with Gasteiger partial charge in [0.15, 0.2) is 11.0 Å². The zero-order valence-electron chi connectivity index (χ0n) is 23.1. The van der Waals surface area contributed by atoms with Gasteiger partial charge >= 0.3 is 0 Å². The van der Waals surface area contributed by atoms with E-state index in [1.165, 1.54) is 28.0 Å². The summed E-state index contributed by atoms with van der Waals surface area (Å²) >= 11 is 8.69. The molecule has 0 bridgehead atoms. The topological polar surface area (TPSA) is 113 Å². The standard InChI is InChI=1S/C29H33ClN6O2S2/c1-6-13-36-25(17(2)32-26(38)18-7-10-20(30)11-8-18)34-35-28(36)39-16-24(37)33-27-22(15-31)21-12-9-19(29(3,4)5)14-23(21)40-27/h6-8,10-11,17,19H,1,9,12-14,16H2,2-5H3,(H,32,38)(H,33,37)/t17-,19-/m1/s1. The molecule has 8 nitrogen and oxygen atoms in total. The summed E-state index contributed by atoms with van der Waals surface area (Å²) in [6, 6.07) is 8.52. The van der Waals surface area contributed by atoms with Crippen LogP contribution >= 0.6 is 34.7 Å². The maximum absolute atomic E-state index is 12.9. The number of anilines is 1. The first-order valence-corrected chi connectivity index (χ1v) is 15.3. The number of nitriles is 1. The highest BCUT2D eigenvalue weighted by atomic mass is 35.5. The first-order valence-electron chi connectivity index (χ1n) is 13.1. The van der Waals surface area contributed by atoms with Gasteiger partial charge in [0.1, 0.15) is 11.1 Å². The van der Waals surface area contributed by atoms with Gasteiger partial charge in [-0.15, -0.1) is 28.1 Å². The van der Waals surface area contributed by atoms with Crippen molar-refractivity contribution in [2.24, 2.45) is 11.3 Å². The van der Waals surface area contributed by atoms with Gasteiger partial charge in [-0.25, -0.2) is 0 Å². The number of nitrogens with zero attached hydrogens (tertiary/aromatic N) is 4. The Labute approximate surface area is 248 Å². The number of halogens is 1. The van der Waals surface area contributed by atoms with Crippen LogP contribution in [0.1, 0.15) is 72.3 Å². The van der Waals surface area contributed by atoms with E-state index in [2.05, 4.69) is 54.3 Å². The van der Waals surface area contributed by atoms with Crippen molar-refractivity contribution in [1.29, 1.82) is 5.26 Å². The first-order chi connectivity index (χ1) is 19.0. The third kappa shape index (κ3) is 6.77. The summed E-state index contributed by atoms with van der Waals surface area (Å²) in [5, 5.41) is 26.0. The van der Waals surface area contributed by atoms with E-state index in [1.807, 2.05) is 11.5 Å². The molecule has 40 heavy (non-hydrogen) atoms. The molecule has 0 saturated heterocycles. The predicted octanol–water partition coefficient (Wildman–Crippen LogP) is 6.42. The van der Waals surface area contributed by atoms with E-state index in [1.54, 1.807) is 30.3 Å². The average molecular weight is 597 g/mol. The Kier molecular flexibility index (Phi) is 9.39. The zero-order valence-corrected chi connectivity index (χ0v) is 25.5. The third-order valence-corrected chi connectivity index (χ3v) is 9.47. The fourth-order valence-corrected chi connectivity index (χ4v) is 6.97. The molecule has 1 aliphatic rings. The summed E-state index contributed by atoms with van der Waals surface area (Å²) in [5.41, 5.74) is 2.36. The van der Waals surface area contributed by atoms with Gasteiger partial charge in [-0.05, 0) is 67.3 Å². The molecule has 2 amide bonds. The molecule has 0 saturated carbocycles. The molecule has 2 aromatic heterocycles. The lowest BCUT2D eigenvalue weighted by Crippen LogP contribution is -2.28. The molecule has 11 heteroatoms. The molecular weight excluding hydrogens is 564 g/mol. The number of carbonyl (C=O) groups excluding carboxylic acids is 2. The molecule has 1 aliphatic carbocycles. The van der Waals surface area contributed by atoms with Crippen LogP contribution in [0, 0.1) is 22.7 Å². The van der Waals surface area contributed by atoms with Gasteiger partial charge in [-0.2, -0.15) is 5.26 Å². The normalized spacial score (nSPS) is 15.6. The van der Waals surface area contributed by atoms with Gasteiger partial charge in [0, 0.05) is 22.0 Å². The number of thiophene rings is 1. The summed E-state index contributed by atoms with van der Waals surface area (Å²) in [6.07, 6.45) is 4.56. The predicted molar refractivity (Wildman–Crippen MR) is 161 cm³/mol. The van der Waals surface area contributed by atoms with Crippen molar-refractivity contribution in [3.63, 3.8) is 0 Å². The zero-order chi connectivity index (χ0) is 29.0. The first kappa shape index (κ1) is 29.8. The van der Waals surface area contributed by atoms with E-state index in [4.69, 9.17) is 11.6 Å². The molecule has 0 fully saturated rings. The van der Waals surface area contributed by atoms with Crippen molar-refractivity contribution in [3.05, 3.63) is 69.3 Å². The van der Waals surface area contributed by atoms with Gasteiger partial charge in [-0.1, -0.05) is 50.2 Å². The number of carbonyl (C=O) groups is 2. The van der Waals surface area contributed by atoms with Crippen LogP contribution in [-0.2, 0) is 24.2 Å². The molecular formula is C29H33ClN6O2S2. The quantitative estimate of drug-likeness (QED) is 0.218. The summed E-state index contributed by atoms with van der Waals surface area (Å²) in [5.74, 6) is 0.723. The second kappa shape index (κ2) is 12.6. The van der Waals surface area contributed by atoms with E-state index in [0.29, 0.717) is 44.6 Å². The number of hydrogen-bond donors (Lipinski definition) is 2. The van der Waals surface area contributed by atoms with E-state index >= 15 is 0 Å². The number of allylic oxidation sites excluding steroid dienone is 1. The summed E-state index contributed by atoms with van der Waals surface area (Å²) in [6.45, 7) is 12.8. The highest BCUT2D eigenvalue weighted by Crippen LogP contribution is 2.44. The smallest absolute Gasteiger partial charge is 0.251 e. The SMILES string of the molecule is C=CCn1c(SCC(=O)Nc2sc3c(c2C#N)CC[C@@H](C(C)(C)C)C3)nnc1[C@@H](C)NC(=O)c1ccc(Cl)cc1. The molecule has 0 radical (unpaired) electrons. The van der Waals surface area contributed by atoms with Crippen LogP contribution in [0.25, 0.3) is 0 Å². The number of nitrogens with one attached hydrogen (secondary N) is 2. The Hall–Kier alpha value is -3.13. The third-order valence-electron chi connectivity index (χ3n) is 7.09. The minimum absolute atomic E-state index is 0.0961. The Morgan fingerprint density at radius 1 is 1.32 bits per heavy atom. The molecule has 2 atom stereocenters. The van der Waals surface area contributed by atoms with E-state index in [-0.39, 0.29) is 23.0 Å². The fourth-order valence-electron chi connectivity index (χ4n) is 4.80. The van der Waals surface area contributed by atoms with Crippen molar-refractivity contribution >= 4 is 51.5 Å². The number of rotatable bonds is 9. The monoisotopic (exact) mass is 596 g/mol. The van der Waals surface area contributed by atoms with Crippen molar-refractivity contribution < 1.29 is 9.59 Å². The van der Waals surface area contributed by atoms with Crippen LogP contribution in [0.5, 0.6) is 0 Å². The number of benzene rings is 1.